The van der Waals surface area contributed by atoms with Crippen molar-refractivity contribution in [3.8, 4) is 0 Å². The summed E-state index contributed by atoms with van der Waals surface area (Å²) in [5, 5.41) is 4.04. The van der Waals surface area contributed by atoms with Gasteiger partial charge in [-0.25, -0.2) is 0 Å². The summed E-state index contributed by atoms with van der Waals surface area (Å²) in [6.45, 7) is 4.03. The van der Waals surface area contributed by atoms with E-state index in [1.165, 1.54) is 5.56 Å². The second kappa shape index (κ2) is 6.02. The topological polar surface area (TPSA) is 50.4 Å². The molecule has 0 unspecified atom stereocenters. The van der Waals surface area contributed by atoms with Crippen LogP contribution in [0, 0.1) is 6.92 Å². The Labute approximate surface area is 101 Å². The molecule has 3 N–H and O–H groups in total. The third-order valence-electron chi connectivity index (χ3n) is 1.91. The van der Waals surface area contributed by atoms with Gasteiger partial charge in [-0.3, -0.25) is 5.43 Å². The minimum atomic E-state index is 0.166. The molecular weight excluding hydrogens is 218 g/mol. The number of hydrogen-bond acceptors (Lipinski definition) is 2. The SMILES string of the molecule is CC(C=NNC(N)=S)=Cc1ccc(C)cc1. The van der Waals surface area contributed by atoms with E-state index >= 15 is 0 Å². The summed E-state index contributed by atoms with van der Waals surface area (Å²) in [4.78, 5) is 0. The van der Waals surface area contributed by atoms with Gasteiger partial charge in [0.15, 0.2) is 5.11 Å². The first kappa shape index (κ1) is 12.4. The van der Waals surface area contributed by atoms with Crippen LogP contribution >= 0.6 is 12.2 Å². The number of thiocarbonyl (C=S) groups is 1. The van der Waals surface area contributed by atoms with Gasteiger partial charge < -0.3 is 5.73 Å². The molecule has 16 heavy (non-hydrogen) atoms. The lowest BCUT2D eigenvalue weighted by Gasteiger charge is -1.97. The molecule has 0 aromatic heterocycles. The van der Waals surface area contributed by atoms with Crippen LogP contribution in [0.1, 0.15) is 18.1 Å². The maximum absolute atomic E-state index is 5.23. The second-order valence-corrected chi connectivity index (χ2v) is 3.97. The fourth-order valence-electron chi connectivity index (χ4n) is 1.16. The highest BCUT2D eigenvalue weighted by Gasteiger charge is 1.89. The quantitative estimate of drug-likeness (QED) is 0.478. The van der Waals surface area contributed by atoms with Gasteiger partial charge in [0.1, 0.15) is 0 Å². The normalized spacial score (nSPS) is 11.8. The van der Waals surface area contributed by atoms with Crippen LogP contribution in [0.5, 0.6) is 0 Å². The van der Waals surface area contributed by atoms with Gasteiger partial charge in [0.2, 0.25) is 0 Å². The molecule has 84 valence electrons. The summed E-state index contributed by atoms with van der Waals surface area (Å²) in [7, 11) is 0. The third-order valence-corrected chi connectivity index (χ3v) is 2.01. The number of nitrogens with zero attached hydrogens (tertiary/aromatic N) is 1. The summed E-state index contributed by atoms with van der Waals surface area (Å²) in [6, 6.07) is 8.27. The zero-order valence-electron chi connectivity index (χ0n) is 9.40. The van der Waals surface area contributed by atoms with Crippen LogP contribution in [0.15, 0.2) is 34.9 Å². The number of nitrogens with one attached hydrogen (secondary N) is 1. The van der Waals surface area contributed by atoms with Crippen LogP contribution in [0.25, 0.3) is 6.08 Å². The number of hydrogen-bond donors (Lipinski definition) is 2. The van der Waals surface area contributed by atoms with Crippen molar-refractivity contribution in [2.24, 2.45) is 10.8 Å². The standard InChI is InChI=1S/C12H15N3S/c1-9-3-5-11(6-4-9)7-10(2)8-14-15-12(13)16/h3-8H,1-2H3,(H3,13,15,16). The molecule has 0 radical (unpaired) electrons. The molecule has 0 fully saturated rings. The molecule has 1 rings (SSSR count). The van der Waals surface area contributed by atoms with Gasteiger partial charge in [-0.15, -0.1) is 0 Å². The van der Waals surface area contributed by atoms with Crippen molar-refractivity contribution in [2.75, 3.05) is 0 Å². The van der Waals surface area contributed by atoms with E-state index in [-0.39, 0.29) is 5.11 Å². The average molecular weight is 233 g/mol. The maximum Gasteiger partial charge on any atom is 0.184 e. The lowest BCUT2D eigenvalue weighted by atomic mass is 10.1. The zero-order chi connectivity index (χ0) is 12.0. The van der Waals surface area contributed by atoms with Gasteiger partial charge in [0.25, 0.3) is 0 Å². The highest BCUT2D eigenvalue weighted by atomic mass is 32.1. The molecule has 0 saturated carbocycles. The van der Waals surface area contributed by atoms with Crippen LogP contribution in [0.3, 0.4) is 0 Å². The highest BCUT2D eigenvalue weighted by molar-refractivity contribution is 7.80. The molecule has 4 heteroatoms. The number of benzene rings is 1. The largest absolute Gasteiger partial charge is 0.375 e. The van der Waals surface area contributed by atoms with Crippen LogP contribution in [-0.2, 0) is 0 Å². The number of hydrazone groups is 1. The molecule has 0 atom stereocenters. The smallest absolute Gasteiger partial charge is 0.184 e. The second-order valence-electron chi connectivity index (χ2n) is 3.53. The average Bonchev–Trinajstić information content (AvgIpc) is 2.21. The molecule has 0 amide bonds. The van der Waals surface area contributed by atoms with Gasteiger partial charge in [-0.1, -0.05) is 35.9 Å². The minimum Gasteiger partial charge on any atom is -0.375 e. The van der Waals surface area contributed by atoms with E-state index < -0.39 is 0 Å². The summed E-state index contributed by atoms with van der Waals surface area (Å²) < 4.78 is 0. The Morgan fingerprint density at radius 3 is 2.56 bits per heavy atom. The first-order valence-electron chi connectivity index (χ1n) is 4.91. The monoisotopic (exact) mass is 233 g/mol. The van der Waals surface area contributed by atoms with Crippen LogP contribution < -0.4 is 11.2 Å². The molecule has 0 aliphatic carbocycles. The zero-order valence-corrected chi connectivity index (χ0v) is 10.2. The first-order valence-corrected chi connectivity index (χ1v) is 5.32. The van der Waals surface area contributed by atoms with E-state index in [1.54, 1.807) is 6.21 Å². The van der Waals surface area contributed by atoms with Crippen LogP contribution in [-0.4, -0.2) is 11.3 Å². The van der Waals surface area contributed by atoms with E-state index in [9.17, 15) is 0 Å². The fourth-order valence-corrected chi connectivity index (χ4v) is 1.21. The minimum absolute atomic E-state index is 0.166. The van der Waals surface area contributed by atoms with Gasteiger partial charge >= 0.3 is 0 Å². The van der Waals surface area contributed by atoms with Crippen molar-refractivity contribution in [1.82, 2.24) is 5.43 Å². The molecule has 1 aromatic carbocycles. The molecular formula is C12H15N3S. The maximum atomic E-state index is 5.23. The molecule has 0 heterocycles. The molecule has 0 spiro atoms. The summed E-state index contributed by atoms with van der Waals surface area (Å²) in [5.41, 5.74) is 11.2. The number of nitrogens with two attached hydrogens (primary N) is 1. The number of allylic oxidation sites excluding steroid dienone is 1. The van der Waals surface area contributed by atoms with Crippen molar-refractivity contribution in [3.63, 3.8) is 0 Å². The van der Waals surface area contributed by atoms with Gasteiger partial charge in [-0.05, 0) is 37.2 Å². The van der Waals surface area contributed by atoms with E-state index in [1.807, 2.05) is 13.0 Å². The van der Waals surface area contributed by atoms with Gasteiger partial charge in [0, 0.05) is 0 Å². The molecule has 0 bridgehead atoms. The molecule has 1 aromatic rings. The van der Waals surface area contributed by atoms with E-state index in [0.717, 1.165) is 11.1 Å². The lowest BCUT2D eigenvalue weighted by molar-refractivity contribution is 1.04. The first-order chi connectivity index (χ1) is 7.58. The van der Waals surface area contributed by atoms with Crippen LogP contribution in [0.4, 0.5) is 0 Å². The van der Waals surface area contributed by atoms with Crippen molar-refractivity contribution < 1.29 is 0 Å². The fraction of sp³-hybridized carbons (Fsp3) is 0.167. The Morgan fingerprint density at radius 2 is 2.00 bits per heavy atom. The number of aryl methyl sites for hydroxylation is 1. The highest BCUT2D eigenvalue weighted by Crippen LogP contribution is 2.07. The Kier molecular flexibility index (Phi) is 4.66. The lowest BCUT2D eigenvalue weighted by Crippen LogP contribution is -2.23. The van der Waals surface area contributed by atoms with E-state index in [2.05, 4.69) is 53.9 Å². The van der Waals surface area contributed by atoms with Crippen molar-refractivity contribution >= 4 is 29.6 Å². The van der Waals surface area contributed by atoms with Gasteiger partial charge in [0.05, 0.1) is 6.21 Å². The predicted octanol–water partition coefficient (Wildman–Crippen LogP) is 2.22. The van der Waals surface area contributed by atoms with Crippen molar-refractivity contribution in [3.05, 3.63) is 41.0 Å². The summed E-state index contributed by atoms with van der Waals surface area (Å²) in [6.07, 6.45) is 3.71. The van der Waals surface area contributed by atoms with Crippen molar-refractivity contribution in [2.45, 2.75) is 13.8 Å². The van der Waals surface area contributed by atoms with Crippen molar-refractivity contribution in [1.29, 1.82) is 0 Å². The Balaban J connectivity index is 2.66. The van der Waals surface area contributed by atoms with Gasteiger partial charge in [-0.2, -0.15) is 5.10 Å². The summed E-state index contributed by atoms with van der Waals surface area (Å²) >= 11 is 4.63. The molecule has 3 nitrogen and oxygen atoms in total. The third kappa shape index (κ3) is 4.70. The van der Waals surface area contributed by atoms with Crippen LogP contribution in [0.2, 0.25) is 0 Å². The predicted molar refractivity (Wildman–Crippen MR) is 73.2 cm³/mol. The molecule has 0 aliphatic rings. The van der Waals surface area contributed by atoms with E-state index in [0.29, 0.717) is 0 Å². The molecule has 0 saturated heterocycles. The van der Waals surface area contributed by atoms with E-state index in [4.69, 9.17) is 5.73 Å². The summed E-state index contributed by atoms with van der Waals surface area (Å²) in [5.74, 6) is 0. The Bertz CT molecular complexity index is 418. The number of rotatable bonds is 3. The Morgan fingerprint density at radius 1 is 1.38 bits per heavy atom. The molecule has 0 aliphatic heterocycles. The Hall–Kier alpha value is -1.68.